The fourth-order valence-electron chi connectivity index (χ4n) is 0.227. The molecular weight excluding hydrogens is 64.0 g/mol. The molecule has 0 saturated heterocycles. The van der Waals surface area contributed by atoms with Crippen LogP contribution in [0.5, 0.6) is 0 Å². The minimum Gasteiger partial charge on any atom is -0.473 e. The highest BCUT2D eigenvalue weighted by molar-refractivity contribution is 4.79. The van der Waals surface area contributed by atoms with Crippen LogP contribution in [0.4, 0.5) is 0 Å². The van der Waals surface area contributed by atoms with Gasteiger partial charge in [-0.25, -0.2) is 0 Å². The Morgan fingerprint density at radius 1 is 1.20 bits per heavy atom. The van der Waals surface area contributed by atoms with Crippen LogP contribution in [0.1, 0.15) is 5.71 Å². The van der Waals surface area contributed by atoms with Gasteiger partial charge in [-0.15, -0.1) is 0 Å². The van der Waals surface area contributed by atoms with E-state index < -0.39 is 0 Å². The van der Waals surface area contributed by atoms with Gasteiger partial charge >= 0.3 is 0 Å². The molecular formula is C4H12O. The molecule has 0 aliphatic heterocycles. The van der Waals surface area contributed by atoms with Crippen LogP contribution in [-0.4, -0.2) is 0 Å². The van der Waals surface area contributed by atoms with Gasteiger partial charge in [-0.3, -0.25) is 0 Å². The molecule has 34 valence electrons. The maximum Gasteiger partial charge on any atom is 0.0902 e. The summed E-state index contributed by atoms with van der Waals surface area (Å²) in [5, 5.41) is 0. The van der Waals surface area contributed by atoms with E-state index in [0.29, 0.717) is 0 Å². The van der Waals surface area contributed by atoms with Gasteiger partial charge in [0.2, 0.25) is 0 Å². The fraction of sp³-hybridized carbons (Fsp3) is 0. The maximum absolute atomic E-state index is 4.58. The van der Waals surface area contributed by atoms with Crippen molar-refractivity contribution in [1.82, 2.24) is 0 Å². The highest BCUT2D eigenvalue weighted by Crippen LogP contribution is 1.79. The van der Waals surface area contributed by atoms with Gasteiger partial charge in [0, 0.05) is 5.71 Å². The zero-order valence-electron chi connectivity index (χ0n) is 2.72. The fourth-order valence-corrected chi connectivity index (χ4v) is 0.227. The Morgan fingerprint density at radius 3 is 2.00 bits per heavy atom. The lowest BCUT2D eigenvalue weighted by Crippen LogP contribution is -1.16. The molecule has 0 aliphatic rings. The van der Waals surface area contributed by atoms with Crippen LogP contribution >= 0.6 is 0 Å². The van der Waals surface area contributed by atoms with Gasteiger partial charge in [-0.2, -0.15) is 0 Å². The zero-order valence-corrected chi connectivity index (χ0v) is 2.72. The van der Waals surface area contributed by atoms with Crippen molar-refractivity contribution < 1.29 is 10.1 Å². The van der Waals surface area contributed by atoms with Gasteiger partial charge in [-0.05, 0) is 12.1 Å². The van der Waals surface area contributed by atoms with Gasteiger partial charge in [-0.1, -0.05) is 0 Å². The van der Waals surface area contributed by atoms with E-state index in [1.165, 1.54) is 0 Å². The predicted octanol–water partition coefficient (Wildman–Crippen LogP) is 2.26. The first kappa shape index (κ1) is 2.51. The van der Waals surface area contributed by atoms with Crippen molar-refractivity contribution in [2.45, 2.75) is 0 Å². The first-order valence-corrected chi connectivity index (χ1v) is 1.47. The van der Waals surface area contributed by atoms with E-state index in [4.69, 9.17) is 0 Å². The molecule has 1 aromatic rings. The molecule has 0 spiro atoms. The molecule has 0 bridgehead atoms. The summed E-state index contributed by atoms with van der Waals surface area (Å²) in [4.78, 5) is 0. The van der Waals surface area contributed by atoms with Crippen molar-refractivity contribution in [3.63, 3.8) is 0 Å². The van der Waals surface area contributed by atoms with Crippen LogP contribution in [0.2, 0.25) is 0 Å². The predicted molar refractivity (Wildman–Crippen MR) is 27.2 cm³/mol. The molecule has 1 heterocycles. The Hall–Kier alpha value is -0.720. The first-order chi connectivity index (χ1) is 2.50. The second-order valence-electron chi connectivity index (χ2n) is 0.793. The molecule has 1 aromatic heterocycles. The molecule has 0 aliphatic carbocycles. The van der Waals surface area contributed by atoms with E-state index in [1.807, 2.05) is 12.1 Å². The van der Waals surface area contributed by atoms with E-state index >= 15 is 0 Å². The lowest BCUT2D eigenvalue weighted by atomic mass is 10.7. The lowest BCUT2D eigenvalue weighted by Gasteiger charge is -1.50. The van der Waals surface area contributed by atoms with Crippen molar-refractivity contribution in [2.75, 3.05) is 0 Å². The molecule has 5 heavy (non-hydrogen) atoms. The van der Waals surface area contributed by atoms with E-state index in [9.17, 15) is 0 Å². The van der Waals surface area contributed by atoms with Crippen LogP contribution < -0.4 is 0 Å². The second-order valence-corrected chi connectivity index (χ2v) is 0.793. The number of hydrogen-bond donors (Lipinski definition) is 0. The highest BCUT2D eigenvalue weighted by Gasteiger charge is 1.58. The summed E-state index contributed by atoms with van der Waals surface area (Å²) in [6.07, 6.45) is 3.25. The molecule has 0 atom stereocenters. The second kappa shape index (κ2) is 0.931. The van der Waals surface area contributed by atoms with E-state index in [2.05, 4.69) is 4.42 Å². The van der Waals surface area contributed by atoms with Crippen LogP contribution in [0.15, 0.2) is 29.1 Å². The maximum atomic E-state index is 4.58. The van der Waals surface area contributed by atoms with Crippen molar-refractivity contribution >= 4 is 0 Å². The Morgan fingerprint density at radius 2 is 1.80 bits per heavy atom. The quantitative estimate of drug-likeness (QED) is 0.462. The van der Waals surface area contributed by atoms with Crippen molar-refractivity contribution in [3.8, 4) is 0 Å². The SMILES string of the molecule is [HH].[HH].[HH].[HH].c1ccoc1. The largest absolute Gasteiger partial charge is 0.473 e. The summed E-state index contributed by atoms with van der Waals surface area (Å²) < 4.78 is 4.58. The third-order valence-electron chi connectivity index (χ3n) is 0.425. The van der Waals surface area contributed by atoms with Gasteiger partial charge in [0.05, 0.1) is 12.5 Å². The average molecular weight is 76.1 g/mol. The molecule has 1 rings (SSSR count). The van der Waals surface area contributed by atoms with Crippen LogP contribution in [0, 0.1) is 0 Å². The third-order valence-corrected chi connectivity index (χ3v) is 0.425. The summed E-state index contributed by atoms with van der Waals surface area (Å²) in [5.74, 6) is 0. The number of furan rings is 1. The normalized spacial score (nSPS) is 8.00. The standard InChI is InChI=1S/C4H4O.4H2/c1-2-4-5-3-1;;;;/h1-4H;4*1H. The molecule has 0 aromatic carbocycles. The number of hydrogen-bond acceptors (Lipinski definition) is 1. The molecule has 0 unspecified atom stereocenters. The topological polar surface area (TPSA) is 13.1 Å². The van der Waals surface area contributed by atoms with Gasteiger partial charge < -0.3 is 4.42 Å². The van der Waals surface area contributed by atoms with Crippen LogP contribution in [0.3, 0.4) is 0 Å². The van der Waals surface area contributed by atoms with Gasteiger partial charge in [0.1, 0.15) is 0 Å². The third kappa shape index (κ3) is 0.293. The van der Waals surface area contributed by atoms with Gasteiger partial charge in [0.25, 0.3) is 0 Å². The van der Waals surface area contributed by atoms with E-state index in [1.54, 1.807) is 12.5 Å². The minimum absolute atomic E-state index is 0. The molecule has 1 heteroatoms. The summed E-state index contributed by atoms with van der Waals surface area (Å²) >= 11 is 0. The van der Waals surface area contributed by atoms with Crippen molar-refractivity contribution in [1.29, 1.82) is 0 Å². The average Bonchev–Trinajstić information content (AvgIpc) is 1.76. The summed E-state index contributed by atoms with van der Waals surface area (Å²) in [5.41, 5.74) is 0. The highest BCUT2D eigenvalue weighted by atomic mass is 16.3. The smallest absolute Gasteiger partial charge is 0.0902 e. The van der Waals surface area contributed by atoms with Crippen LogP contribution in [-0.2, 0) is 0 Å². The number of rotatable bonds is 0. The zero-order chi connectivity index (χ0) is 3.54. The lowest BCUT2D eigenvalue weighted by molar-refractivity contribution is 0.567. The molecule has 1 nitrogen and oxygen atoms in total. The summed E-state index contributed by atoms with van der Waals surface area (Å²) in [6.45, 7) is 0. The van der Waals surface area contributed by atoms with E-state index in [-0.39, 0.29) is 5.71 Å². The molecule has 0 radical (unpaired) electrons. The first-order valence-electron chi connectivity index (χ1n) is 1.47. The molecule has 0 fully saturated rings. The molecule has 0 N–H and O–H groups in total. The van der Waals surface area contributed by atoms with E-state index in [0.717, 1.165) is 0 Å². The summed E-state index contributed by atoms with van der Waals surface area (Å²) in [6, 6.07) is 3.67. The van der Waals surface area contributed by atoms with Crippen LogP contribution in [0.25, 0.3) is 0 Å². The Labute approximate surface area is 36.2 Å². The monoisotopic (exact) mass is 76.1 g/mol. The molecule has 0 saturated carbocycles. The van der Waals surface area contributed by atoms with Crippen molar-refractivity contribution in [3.05, 3.63) is 24.7 Å². The Bertz CT molecular complexity index is 69.0. The van der Waals surface area contributed by atoms with Crippen molar-refractivity contribution in [2.24, 2.45) is 0 Å². The Balaban J connectivity index is -0.0000000312. The molecule has 0 amide bonds. The van der Waals surface area contributed by atoms with Gasteiger partial charge in [0.15, 0.2) is 0 Å². The Kier molecular flexibility index (Phi) is 0.468. The minimum atomic E-state index is 0. The summed E-state index contributed by atoms with van der Waals surface area (Å²) in [7, 11) is 0.